The van der Waals surface area contributed by atoms with Gasteiger partial charge in [-0.25, -0.2) is 4.39 Å². The van der Waals surface area contributed by atoms with Crippen LogP contribution in [-0.2, 0) is 6.42 Å². The summed E-state index contributed by atoms with van der Waals surface area (Å²) < 4.78 is 13.6. The molecule has 18 heavy (non-hydrogen) atoms. The summed E-state index contributed by atoms with van der Waals surface area (Å²) in [6.45, 7) is 0. The number of rotatable bonds is 4. The lowest BCUT2D eigenvalue weighted by Gasteiger charge is -2.17. The quantitative estimate of drug-likeness (QED) is 0.809. The minimum atomic E-state index is -0.552. The molecular formula is C15H18ClFO. The van der Waals surface area contributed by atoms with E-state index in [1.54, 1.807) is 12.1 Å². The minimum absolute atomic E-state index is 0.281. The number of hydrogen-bond donors (Lipinski definition) is 1. The number of aliphatic hydroxyl groups excluding tert-OH is 1. The van der Waals surface area contributed by atoms with Crippen molar-refractivity contribution < 1.29 is 9.50 Å². The first-order chi connectivity index (χ1) is 8.66. The summed E-state index contributed by atoms with van der Waals surface area (Å²) in [4.78, 5) is 0. The maximum atomic E-state index is 13.6. The maximum Gasteiger partial charge on any atom is 0.127 e. The Morgan fingerprint density at radius 2 is 2.11 bits per heavy atom. The van der Waals surface area contributed by atoms with E-state index in [1.807, 2.05) is 0 Å². The molecule has 98 valence electrons. The number of halogens is 2. The average molecular weight is 269 g/mol. The highest BCUT2D eigenvalue weighted by molar-refractivity contribution is 6.31. The zero-order valence-corrected chi connectivity index (χ0v) is 11.1. The molecule has 1 N–H and O–H groups in total. The largest absolute Gasteiger partial charge is 0.392 e. The van der Waals surface area contributed by atoms with Gasteiger partial charge in [0.15, 0.2) is 0 Å². The van der Waals surface area contributed by atoms with E-state index in [1.165, 1.54) is 24.5 Å². The monoisotopic (exact) mass is 268 g/mol. The zero-order valence-electron chi connectivity index (χ0n) is 10.3. The summed E-state index contributed by atoms with van der Waals surface area (Å²) >= 11 is 5.95. The molecule has 2 rings (SSSR count). The van der Waals surface area contributed by atoms with Crippen molar-refractivity contribution in [2.45, 2.75) is 44.6 Å². The fourth-order valence-electron chi connectivity index (χ4n) is 2.43. The highest BCUT2D eigenvalue weighted by Gasteiger charge is 2.15. The summed E-state index contributed by atoms with van der Waals surface area (Å²) in [7, 11) is 0. The molecule has 0 radical (unpaired) electrons. The third-order valence-corrected chi connectivity index (χ3v) is 3.74. The first kappa shape index (κ1) is 13.6. The smallest absolute Gasteiger partial charge is 0.127 e. The van der Waals surface area contributed by atoms with E-state index in [2.05, 4.69) is 6.08 Å². The van der Waals surface area contributed by atoms with Crippen molar-refractivity contribution in [3.8, 4) is 0 Å². The van der Waals surface area contributed by atoms with Crippen molar-refractivity contribution in [3.05, 3.63) is 46.3 Å². The van der Waals surface area contributed by atoms with Crippen LogP contribution >= 0.6 is 11.6 Å². The fourth-order valence-corrected chi connectivity index (χ4v) is 2.67. The van der Waals surface area contributed by atoms with Crippen LogP contribution in [-0.4, -0.2) is 11.2 Å². The van der Waals surface area contributed by atoms with Crippen LogP contribution in [0.1, 0.15) is 37.7 Å². The second-order valence-electron chi connectivity index (χ2n) is 4.87. The third-order valence-electron chi connectivity index (χ3n) is 3.38. The molecule has 3 heteroatoms. The molecule has 1 aromatic rings. The third kappa shape index (κ3) is 3.56. The van der Waals surface area contributed by atoms with Gasteiger partial charge in [-0.2, -0.15) is 0 Å². The van der Waals surface area contributed by atoms with E-state index in [9.17, 15) is 9.50 Å². The predicted molar refractivity (Wildman–Crippen MR) is 72.3 cm³/mol. The lowest BCUT2D eigenvalue weighted by molar-refractivity contribution is 0.172. The molecule has 0 aromatic heterocycles. The molecule has 0 fully saturated rings. The maximum absolute atomic E-state index is 13.6. The molecule has 1 unspecified atom stereocenters. The molecule has 0 bridgehead atoms. The summed E-state index contributed by atoms with van der Waals surface area (Å²) in [6, 6.07) is 4.62. The van der Waals surface area contributed by atoms with Crippen molar-refractivity contribution >= 4 is 11.6 Å². The van der Waals surface area contributed by atoms with E-state index < -0.39 is 6.10 Å². The summed E-state index contributed by atoms with van der Waals surface area (Å²) in [5.74, 6) is -0.334. The Balaban J connectivity index is 1.98. The number of hydrogen-bond acceptors (Lipinski definition) is 1. The lowest BCUT2D eigenvalue weighted by atomic mass is 9.93. The van der Waals surface area contributed by atoms with Gasteiger partial charge in [-0.15, -0.1) is 0 Å². The molecular weight excluding hydrogens is 251 g/mol. The topological polar surface area (TPSA) is 20.2 Å². The highest BCUT2D eigenvalue weighted by atomic mass is 35.5. The van der Waals surface area contributed by atoms with Crippen molar-refractivity contribution in [3.63, 3.8) is 0 Å². The molecule has 0 saturated heterocycles. The number of aliphatic hydroxyl groups is 1. The predicted octanol–water partition coefficient (Wildman–Crippen LogP) is 4.27. The second-order valence-corrected chi connectivity index (χ2v) is 5.28. The lowest BCUT2D eigenvalue weighted by Crippen LogP contribution is -2.13. The Kier molecular flexibility index (Phi) is 4.79. The normalized spacial score (nSPS) is 17.4. The summed E-state index contributed by atoms with van der Waals surface area (Å²) in [6.07, 6.45) is 7.15. The molecule has 1 aromatic carbocycles. The SMILES string of the molecule is OC(CC1=CCCCC1)Cc1c(F)cccc1Cl. The second kappa shape index (κ2) is 6.35. The van der Waals surface area contributed by atoms with Gasteiger partial charge in [-0.1, -0.05) is 29.3 Å². The van der Waals surface area contributed by atoms with Crippen molar-refractivity contribution in [2.24, 2.45) is 0 Å². The Morgan fingerprint density at radius 1 is 1.28 bits per heavy atom. The molecule has 1 aliphatic rings. The first-order valence-electron chi connectivity index (χ1n) is 6.45. The molecule has 0 amide bonds. The van der Waals surface area contributed by atoms with E-state index in [0.29, 0.717) is 17.0 Å². The van der Waals surface area contributed by atoms with E-state index >= 15 is 0 Å². The molecule has 0 aliphatic heterocycles. The van der Waals surface area contributed by atoms with Crippen LogP contribution < -0.4 is 0 Å². The van der Waals surface area contributed by atoms with E-state index in [-0.39, 0.29) is 12.2 Å². The molecule has 1 aliphatic carbocycles. The summed E-state index contributed by atoms with van der Waals surface area (Å²) in [5.41, 5.74) is 1.71. The van der Waals surface area contributed by atoms with E-state index in [0.717, 1.165) is 12.8 Å². The molecule has 0 spiro atoms. The standard InChI is InChI=1S/C15H18ClFO/c16-14-7-4-8-15(17)13(14)10-12(18)9-11-5-2-1-3-6-11/h4-5,7-8,12,18H,1-3,6,9-10H2. The Bertz CT molecular complexity index is 422. The fraction of sp³-hybridized carbons (Fsp3) is 0.467. The van der Waals surface area contributed by atoms with Crippen LogP contribution in [0.25, 0.3) is 0 Å². The van der Waals surface area contributed by atoms with Gasteiger partial charge in [0, 0.05) is 17.0 Å². The number of benzene rings is 1. The van der Waals surface area contributed by atoms with Crippen molar-refractivity contribution in [2.75, 3.05) is 0 Å². The molecule has 0 heterocycles. The van der Waals surface area contributed by atoms with Crippen LogP contribution in [0.2, 0.25) is 5.02 Å². The first-order valence-corrected chi connectivity index (χ1v) is 6.83. The van der Waals surface area contributed by atoms with Gasteiger partial charge >= 0.3 is 0 Å². The van der Waals surface area contributed by atoms with Gasteiger partial charge < -0.3 is 5.11 Å². The number of allylic oxidation sites excluding steroid dienone is 1. The van der Waals surface area contributed by atoms with Gasteiger partial charge in [-0.3, -0.25) is 0 Å². The van der Waals surface area contributed by atoms with Crippen LogP contribution in [0, 0.1) is 5.82 Å². The van der Waals surface area contributed by atoms with Crippen molar-refractivity contribution in [1.29, 1.82) is 0 Å². The van der Waals surface area contributed by atoms with Gasteiger partial charge in [0.05, 0.1) is 6.10 Å². The highest BCUT2D eigenvalue weighted by Crippen LogP contribution is 2.25. The Morgan fingerprint density at radius 3 is 2.78 bits per heavy atom. The van der Waals surface area contributed by atoms with Gasteiger partial charge in [0.1, 0.15) is 5.82 Å². The van der Waals surface area contributed by atoms with E-state index in [4.69, 9.17) is 11.6 Å². The van der Waals surface area contributed by atoms with Crippen LogP contribution in [0.15, 0.2) is 29.8 Å². The van der Waals surface area contributed by atoms with Gasteiger partial charge in [-0.05, 0) is 44.2 Å². The van der Waals surface area contributed by atoms with Crippen molar-refractivity contribution in [1.82, 2.24) is 0 Å². The molecule has 0 saturated carbocycles. The van der Waals surface area contributed by atoms with Gasteiger partial charge in [0.25, 0.3) is 0 Å². The molecule has 1 atom stereocenters. The van der Waals surface area contributed by atoms with Crippen LogP contribution in [0.3, 0.4) is 0 Å². The molecule has 1 nitrogen and oxygen atoms in total. The Labute approximate surface area is 112 Å². The summed E-state index contributed by atoms with van der Waals surface area (Å²) in [5, 5.41) is 10.4. The minimum Gasteiger partial charge on any atom is -0.392 e. The van der Waals surface area contributed by atoms with Crippen LogP contribution in [0.5, 0.6) is 0 Å². The zero-order chi connectivity index (χ0) is 13.0. The van der Waals surface area contributed by atoms with Gasteiger partial charge in [0.2, 0.25) is 0 Å². The average Bonchev–Trinajstić information content (AvgIpc) is 2.35. The van der Waals surface area contributed by atoms with Crippen LogP contribution in [0.4, 0.5) is 4.39 Å². The Hall–Kier alpha value is -0.860.